The Kier molecular flexibility index (Phi) is 9.83. The number of hydrogen-bond donors (Lipinski definition) is 0. The summed E-state index contributed by atoms with van der Waals surface area (Å²) in [6.45, 7) is 1.84. The van der Waals surface area contributed by atoms with Crippen LogP contribution in [-0.4, -0.2) is 72.5 Å². The molecule has 6 aromatic heterocycles. The lowest BCUT2D eigenvalue weighted by molar-refractivity contribution is 0.0591. The number of pyridine rings is 4. The van der Waals surface area contributed by atoms with Gasteiger partial charge in [0.2, 0.25) is 0 Å². The molecule has 0 amide bonds. The summed E-state index contributed by atoms with van der Waals surface area (Å²) in [5, 5.41) is 3.80. The summed E-state index contributed by atoms with van der Waals surface area (Å²) in [6.07, 6.45) is 10.8. The molecular formula is C40H30N4O8S2. The first-order valence-corrected chi connectivity index (χ1v) is 18.5. The Hall–Kier alpha value is -6.38. The van der Waals surface area contributed by atoms with Gasteiger partial charge < -0.3 is 28.4 Å². The van der Waals surface area contributed by atoms with E-state index in [9.17, 15) is 9.59 Å². The van der Waals surface area contributed by atoms with Crippen LogP contribution in [0.3, 0.4) is 0 Å². The molecule has 0 N–H and O–H groups in total. The lowest BCUT2D eigenvalue weighted by Crippen LogP contribution is -2.14. The first-order valence-electron chi connectivity index (χ1n) is 16.7. The van der Waals surface area contributed by atoms with Crippen molar-refractivity contribution in [1.29, 1.82) is 0 Å². The molecule has 270 valence electrons. The number of carbonyl (C=O) groups is 2. The Morgan fingerprint density at radius 1 is 0.648 bits per heavy atom. The molecule has 6 aromatic rings. The van der Waals surface area contributed by atoms with Gasteiger partial charge in [-0.25, -0.2) is 19.6 Å². The van der Waals surface area contributed by atoms with Gasteiger partial charge in [-0.05, 0) is 48.6 Å². The molecule has 8 rings (SSSR count). The molecule has 0 fully saturated rings. The highest BCUT2D eigenvalue weighted by atomic mass is 32.1. The van der Waals surface area contributed by atoms with Crippen LogP contribution in [0.4, 0.5) is 0 Å². The van der Waals surface area contributed by atoms with E-state index in [2.05, 4.69) is 4.98 Å². The second-order valence-corrected chi connectivity index (χ2v) is 13.6. The average molecular weight is 759 g/mol. The lowest BCUT2D eigenvalue weighted by Gasteiger charge is -2.16. The Morgan fingerprint density at radius 2 is 1.28 bits per heavy atom. The predicted molar refractivity (Wildman–Crippen MR) is 205 cm³/mol. The first kappa shape index (κ1) is 34.7. The summed E-state index contributed by atoms with van der Waals surface area (Å²) in [4.78, 5) is 47.5. The Balaban J connectivity index is 1.34. The zero-order valence-corrected chi connectivity index (χ0v) is 30.6. The van der Waals surface area contributed by atoms with E-state index in [1.54, 1.807) is 48.8 Å². The van der Waals surface area contributed by atoms with E-state index < -0.39 is 11.9 Å². The second-order valence-electron chi connectivity index (χ2n) is 11.7. The number of hydrogen-bond acceptors (Lipinski definition) is 14. The standard InChI is InChI=1S/C40H30N4O8S2/c1-47-39(45)24-18-28(27-7-3-4-12-41-27)43-29(19-24)30-20-26(40(46)48-2)25(9-11-34-38-32(22-54-34)50-15-17-52-38)36(44-30)35-23(6-5-13-42-35)8-10-33-37-31(21-53-33)49-14-16-51-37/h3-13,18-22H,14-17H2,1-2H3/b10-8+,11-9+. The van der Waals surface area contributed by atoms with Crippen molar-refractivity contribution in [3.63, 3.8) is 0 Å². The molecule has 0 bridgehead atoms. The number of ether oxygens (including phenoxy) is 6. The normalized spacial score (nSPS) is 13.3. The van der Waals surface area contributed by atoms with Crippen molar-refractivity contribution in [2.75, 3.05) is 40.6 Å². The number of fused-ring (bicyclic) bond motifs is 2. The maximum Gasteiger partial charge on any atom is 0.338 e. The molecule has 8 heterocycles. The molecule has 0 unspecified atom stereocenters. The molecule has 0 aromatic carbocycles. The van der Waals surface area contributed by atoms with E-state index in [1.165, 1.54) is 36.9 Å². The number of thiophene rings is 2. The summed E-state index contributed by atoms with van der Waals surface area (Å²) in [5.74, 6) is 1.50. The number of aromatic nitrogens is 4. The molecule has 0 saturated heterocycles. The predicted octanol–water partition coefficient (Wildman–Crippen LogP) is 7.85. The summed E-state index contributed by atoms with van der Waals surface area (Å²) < 4.78 is 33.8. The molecule has 54 heavy (non-hydrogen) atoms. The summed E-state index contributed by atoms with van der Waals surface area (Å²) in [6, 6.07) is 13.9. The van der Waals surface area contributed by atoms with Crippen LogP contribution >= 0.6 is 22.7 Å². The van der Waals surface area contributed by atoms with Crippen molar-refractivity contribution in [2.45, 2.75) is 0 Å². The fourth-order valence-electron chi connectivity index (χ4n) is 5.93. The van der Waals surface area contributed by atoms with Gasteiger partial charge in [0.25, 0.3) is 0 Å². The van der Waals surface area contributed by atoms with Crippen molar-refractivity contribution < 1.29 is 38.0 Å². The Bertz CT molecular complexity index is 2440. The minimum absolute atomic E-state index is 0.194. The number of methoxy groups -OCH3 is 2. The highest BCUT2D eigenvalue weighted by molar-refractivity contribution is 7.12. The van der Waals surface area contributed by atoms with Gasteiger partial charge in [0.15, 0.2) is 23.0 Å². The van der Waals surface area contributed by atoms with E-state index >= 15 is 0 Å². The van der Waals surface area contributed by atoms with Gasteiger partial charge >= 0.3 is 11.9 Å². The van der Waals surface area contributed by atoms with Crippen LogP contribution in [0.2, 0.25) is 0 Å². The molecule has 0 atom stereocenters. The minimum atomic E-state index is -0.614. The van der Waals surface area contributed by atoms with E-state index in [4.69, 9.17) is 43.4 Å². The number of carbonyl (C=O) groups excluding carboxylic acids is 2. The zero-order valence-electron chi connectivity index (χ0n) is 28.9. The molecule has 0 spiro atoms. The van der Waals surface area contributed by atoms with Gasteiger partial charge in [-0.15, -0.1) is 22.7 Å². The average Bonchev–Trinajstić information content (AvgIpc) is 3.85. The van der Waals surface area contributed by atoms with Crippen molar-refractivity contribution in [3.05, 3.63) is 104 Å². The van der Waals surface area contributed by atoms with Crippen LogP contribution in [-0.2, 0) is 9.47 Å². The van der Waals surface area contributed by atoms with Crippen LogP contribution < -0.4 is 18.9 Å². The molecule has 2 aliphatic rings. The van der Waals surface area contributed by atoms with Crippen molar-refractivity contribution >= 4 is 58.9 Å². The molecular weight excluding hydrogens is 729 g/mol. The van der Waals surface area contributed by atoms with Crippen LogP contribution in [0.1, 0.15) is 41.6 Å². The zero-order chi connectivity index (χ0) is 37.0. The van der Waals surface area contributed by atoms with Gasteiger partial charge in [-0.2, -0.15) is 0 Å². The molecule has 2 aliphatic heterocycles. The van der Waals surface area contributed by atoms with Gasteiger partial charge in [-0.3, -0.25) is 9.97 Å². The largest absolute Gasteiger partial charge is 0.485 e. The highest BCUT2D eigenvalue weighted by Gasteiger charge is 2.25. The quantitative estimate of drug-likeness (QED) is 0.133. The molecule has 0 radical (unpaired) electrons. The fourth-order valence-corrected chi connectivity index (χ4v) is 7.57. The van der Waals surface area contributed by atoms with E-state index in [-0.39, 0.29) is 16.8 Å². The van der Waals surface area contributed by atoms with Crippen LogP contribution in [0.25, 0.3) is 58.5 Å². The minimum Gasteiger partial charge on any atom is -0.485 e. The number of esters is 2. The molecule has 0 aliphatic carbocycles. The van der Waals surface area contributed by atoms with E-state index in [0.717, 1.165) is 9.75 Å². The monoisotopic (exact) mass is 758 g/mol. The third-order valence-corrected chi connectivity index (χ3v) is 10.2. The summed E-state index contributed by atoms with van der Waals surface area (Å²) >= 11 is 2.96. The third-order valence-electron chi connectivity index (χ3n) is 8.43. The molecule has 14 heteroatoms. The van der Waals surface area contributed by atoms with Gasteiger partial charge in [-0.1, -0.05) is 24.3 Å². The maximum atomic E-state index is 13.7. The van der Waals surface area contributed by atoms with Crippen molar-refractivity contribution in [1.82, 2.24) is 19.9 Å². The van der Waals surface area contributed by atoms with Gasteiger partial charge in [0, 0.05) is 34.3 Å². The SMILES string of the molecule is COC(=O)c1cc(-c2ccccn2)nc(-c2cc(C(=O)OC)c(/C=C/c3scc4c3OCCO4)c(-c3ncccc3/C=C/c3scc4c3OCCO4)n2)c1. The summed E-state index contributed by atoms with van der Waals surface area (Å²) in [5.41, 5.74) is 3.95. The van der Waals surface area contributed by atoms with E-state index in [0.29, 0.717) is 89.0 Å². The fraction of sp³-hybridized carbons (Fsp3) is 0.150. The van der Waals surface area contributed by atoms with Crippen molar-refractivity contribution in [3.8, 4) is 57.2 Å². The topological polar surface area (TPSA) is 141 Å². The van der Waals surface area contributed by atoms with Crippen LogP contribution in [0, 0.1) is 0 Å². The number of rotatable bonds is 9. The first-order chi connectivity index (χ1) is 26.5. The Labute approximate surface area is 317 Å². The highest BCUT2D eigenvalue weighted by Crippen LogP contribution is 2.42. The third kappa shape index (κ3) is 6.91. The lowest BCUT2D eigenvalue weighted by atomic mass is 9.98. The second kappa shape index (κ2) is 15.3. The van der Waals surface area contributed by atoms with E-state index in [1.807, 2.05) is 47.2 Å². The van der Waals surface area contributed by atoms with Crippen LogP contribution in [0.5, 0.6) is 23.0 Å². The van der Waals surface area contributed by atoms with Gasteiger partial charge in [0.05, 0.1) is 69.3 Å². The molecule has 12 nitrogen and oxygen atoms in total. The van der Waals surface area contributed by atoms with Crippen LogP contribution in [0.15, 0.2) is 71.7 Å². The summed E-state index contributed by atoms with van der Waals surface area (Å²) in [7, 11) is 2.62. The molecule has 0 saturated carbocycles. The Morgan fingerprint density at radius 3 is 1.94 bits per heavy atom. The smallest absolute Gasteiger partial charge is 0.338 e. The maximum absolute atomic E-state index is 13.7. The van der Waals surface area contributed by atoms with Crippen molar-refractivity contribution in [2.24, 2.45) is 0 Å². The number of nitrogens with zero attached hydrogens (tertiary/aromatic N) is 4. The van der Waals surface area contributed by atoms with Gasteiger partial charge in [0.1, 0.15) is 26.4 Å².